The van der Waals surface area contributed by atoms with Crippen LogP contribution in [-0.2, 0) is 0 Å². The minimum Gasteiger partial charge on any atom is -0.493 e. The second-order valence-electron chi connectivity index (χ2n) is 3.95. The van der Waals surface area contributed by atoms with E-state index in [4.69, 9.17) is 26.2 Å². The third-order valence-corrected chi connectivity index (χ3v) is 3.02. The molecule has 0 aliphatic rings. The van der Waals surface area contributed by atoms with Gasteiger partial charge in [-0.25, -0.2) is 0 Å². The molecule has 1 aromatic carbocycles. The summed E-state index contributed by atoms with van der Waals surface area (Å²) in [6.45, 7) is 1.77. The van der Waals surface area contributed by atoms with Crippen molar-refractivity contribution >= 4 is 17.5 Å². The van der Waals surface area contributed by atoms with Crippen LogP contribution in [0.25, 0.3) is 0 Å². The van der Waals surface area contributed by atoms with Gasteiger partial charge in [0.1, 0.15) is 0 Å². The molecule has 1 rings (SSSR count). The quantitative estimate of drug-likeness (QED) is 0.838. The van der Waals surface area contributed by atoms with Crippen LogP contribution in [-0.4, -0.2) is 37.9 Å². The van der Waals surface area contributed by atoms with Crippen LogP contribution in [0.4, 0.5) is 0 Å². The SMILES string of the molecule is CC[C@@H](CO)NC(=O)c1cc(Cl)c(OC)c(OC)c1. The third-order valence-electron chi connectivity index (χ3n) is 2.74. The fourth-order valence-electron chi connectivity index (χ4n) is 1.59. The van der Waals surface area contributed by atoms with Crippen molar-refractivity contribution in [2.45, 2.75) is 19.4 Å². The number of methoxy groups -OCH3 is 2. The average Bonchev–Trinajstić information content (AvgIpc) is 2.43. The highest BCUT2D eigenvalue weighted by molar-refractivity contribution is 6.32. The van der Waals surface area contributed by atoms with E-state index in [2.05, 4.69) is 5.32 Å². The van der Waals surface area contributed by atoms with Gasteiger partial charge in [-0.3, -0.25) is 4.79 Å². The topological polar surface area (TPSA) is 67.8 Å². The number of aliphatic hydroxyl groups excluding tert-OH is 1. The Kier molecular flexibility index (Phi) is 5.92. The lowest BCUT2D eigenvalue weighted by Gasteiger charge is -2.15. The Balaban J connectivity index is 3.01. The molecule has 0 saturated heterocycles. The van der Waals surface area contributed by atoms with Crippen LogP contribution in [0.3, 0.4) is 0 Å². The summed E-state index contributed by atoms with van der Waals surface area (Å²) in [6, 6.07) is 2.77. The summed E-state index contributed by atoms with van der Waals surface area (Å²) >= 11 is 6.03. The van der Waals surface area contributed by atoms with Crippen molar-refractivity contribution in [3.8, 4) is 11.5 Å². The molecule has 0 spiro atoms. The van der Waals surface area contributed by atoms with E-state index in [0.717, 1.165) is 0 Å². The van der Waals surface area contributed by atoms with Crippen molar-refractivity contribution in [3.63, 3.8) is 0 Å². The minimum atomic E-state index is -0.316. The van der Waals surface area contributed by atoms with E-state index < -0.39 is 0 Å². The molecule has 0 aliphatic carbocycles. The van der Waals surface area contributed by atoms with Crippen LogP contribution in [0.5, 0.6) is 11.5 Å². The van der Waals surface area contributed by atoms with Crippen molar-refractivity contribution in [3.05, 3.63) is 22.7 Å². The van der Waals surface area contributed by atoms with Gasteiger partial charge in [0, 0.05) is 5.56 Å². The lowest BCUT2D eigenvalue weighted by atomic mass is 10.1. The molecule has 19 heavy (non-hydrogen) atoms. The summed E-state index contributed by atoms with van der Waals surface area (Å²) in [7, 11) is 2.95. The minimum absolute atomic E-state index is 0.108. The number of rotatable bonds is 6. The van der Waals surface area contributed by atoms with Crippen LogP contribution in [0.15, 0.2) is 12.1 Å². The molecule has 0 radical (unpaired) electrons. The molecule has 0 unspecified atom stereocenters. The molecule has 0 aliphatic heterocycles. The fraction of sp³-hybridized carbons (Fsp3) is 0.462. The highest BCUT2D eigenvalue weighted by Gasteiger charge is 2.17. The van der Waals surface area contributed by atoms with E-state index in [-0.39, 0.29) is 18.6 Å². The highest BCUT2D eigenvalue weighted by Crippen LogP contribution is 2.35. The molecule has 1 atom stereocenters. The van der Waals surface area contributed by atoms with E-state index in [0.29, 0.717) is 28.5 Å². The largest absolute Gasteiger partial charge is 0.493 e. The van der Waals surface area contributed by atoms with Crippen molar-refractivity contribution in [1.82, 2.24) is 5.32 Å². The molecule has 5 nitrogen and oxygen atoms in total. The smallest absolute Gasteiger partial charge is 0.251 e. The maximum Gasteiger partial charge on any atom is 0.251 e. The van der Waals surface area contributed by atoms with Crippen molar-refractivity contribution in [2.24, 2.45) is 0 Å². The van der Waals surface area contributed by atoms with Gasteiger partial charge < -0.3 is 19.9 Å². The van der Waals surface area contributed by atoms with Gasteiger partial charge >= 0.3 is 0 Å². The van der Waals surface area contributed by atoms with Gasteiger partial charge in [0.25, 0.3) is 5.91 Å². The first-order valence-corrected chi connectivity index (χ1v) is 6.28. The first kappa shape index (κ1) is 15.6. The highest BCUT2D eigenvalue weighted by atomic mass is 35.5. The lowest BCUT2D eigenvalue weighted by Crippen LogP contribution is -2.36. The maximum atomic E-state index is 12.0. The summed E-state index contributed by atoms with van der Waals surface area (Å²) in [5.41, 5.74) is 0.356. The molecule has 2 N–H and O–H groups in total. The Labute approximate surface area is 117 Å². The van der Waals surface area contributed by atoms with Gasteiger partial charge in [0.2, 0.25) is 0 Å². The van der Waals surface area contributed by atoms with Crippen molar-refractivity contribution in [1.29, 1.82) is 0 Å². The maximum absolute atomic E-state index is 12.0. The Morgan fingerprint density at radius 2 is 2.11 bits per heavy atom. The van der Waals surface area contributed by atoms with E-state index in [1.54, 1.807) is 6.07 Å². The summed E-state index contributed by atoms with van der Waals surface area (Å²) in [6.07, 6.45) is 0.642. The van der Waals surface area contributed by atoms with Gasteiger partial charge in [0.15, 0.2) is 11.5 Å². The molecule has 1 amide bonds. The number of hydrogen-bond donors (Lipinski definition) is 2. The Morgan fingerprint density at radius 1 is 1.42 bits per heavy atom. The van der Waals surface area contributed by atoms with E-state index in [9.17, 15) is 4.79 Å². The lowest BCUT2D eigenvalue weighted by molar-refractivity contribution is 0.0914. The number of carbonyl (C=O) groups is 1. The van der Waals surface area contributed by atoms with Crippen molar-refractivity contribution < 1.29 is 19.4 Å². The number of aliphatic hydroxyl groups is 1. The molecule has 106 valence electrons. The molecule has 0 aromatic heterocycles. The summed E-state index contributed by atoms with van der Waals surface area (Å²) in [4.78, 5) is 12.0. The Morgan fingerprint density at radius 3 is 2.58 bits per heavy atom. The van der Waals surface area contributed by atoms with Crippen molar-refractivity contribution in [2.75, 3.05) is 20.8 Å². The number of halogens is 1. The molecule has 0 bridgehead atoms. The molecular weight excluding hydrogens is 270 g/mol. The van der Waals surface area contributed by atoms with Crippen LogP contribution in [0.2, 0.25) is 5.02 Å². The number of amides is 1. The molecule has 6 heteroatoms. The number of ether oxygens (including phenoxy) is 2. The zero-order chi connectivity index (χ0) is 14.4. The normalized spacial score (nSPS) is 11.8. The van der Waals surface area contributed by atoms with Crippen LogP contribution in [0, 0.1) is 0 Å². The first-order valence-electron chi connectivity index (χ1n) is 5.90. The second kappa shape index (κ2) is 7.21. The van der Waals surface area contributed by atoms with Gasteiger partial charge in [-0.05, 0) is 18.6 Å². The van der Waals surface area contributed by atoms with Crippen LogP contribution < -0.4 is 14.8 Å². The van der Waals surface area contributed by atoms with Crippen LogP contribution >= 0.6 is 11.6 Å². The van der Waals surface area contributed by atoms with Gasteiger partial charge in [0.05, 0.1) is 31.9 Å². The standard InChI is InChI=1S/C13H18ClNO4/c1-4-9(7-16)15-13(17)8-5-10(14)12(19-3)11(6-8)18-2/h5-6,9,16H,4,7H2,1-3H3,(H,15,17)/t9-/m0/s1. The summed E-state index contributed by atoms with van der Waals surface area (Å²) < 4.78 is 10.2. The monoisotopic (exact) mass is 287 g/mol. The molecule has 0 saturated carbocycles. The second-order valence-corrected chi connectivity index (χ2v) is 4.36. The summed E-state index contributed by atoms with van der Waals surface area (Å²) in [5.74, 6) is 0.455. The number of hydrogen-bond acceptors (Lipinski definition) is 4. The first-order chi connectivity index (χ1) is 9.07. The molecule has 0 fully saturated rings. The molecule has 0 heterocycles. The number of benzene rings is 1. The molecular formula is C13H18ClNO4. The third kappa shape index (κ3) is 3.75. The number of carbonyl (C=O) groups excluding carboxylic acids is 1. The molecule has 1 aromatic rings. The fourth-order valence-corrected chi connectivity index (χ4v) is 1.88. The average molecular weight is 288 g/mol. The van der Waals surface area contributed by atoms with E-state index >= 15 is 0 Å². The number of nitrogens with one attached hydrogen (secondary N) is 1. The van der Waals surface area contributed by atoms with Gasteiger partial charge in [-0.1, -0.05) is 18.5 Å². The van der Waals surface area contributed by atoms with Gasteiger partial charge in [-0.15, -0.1) is 0 Å². The van der Waals surface area contributed by atoms with E-state index in [1.165, 1.54) is 20.3 Å². The Hall–Kier alpha value is -1.46. The summed E-state index contributed by atoms with van der Waals surface area (Å²) in [5, 5.41) is 12.1. The predicted octanol–water partition coefficient (Wildman–Crippen LogP) is 1.86. The zero-order valence-electron chi connectivity index (χ0n) is 11.2. The van der Waals surface area contributed by atoms with Gasteiger partial charge in [-0.2, -0.15) is 0 Å². The van der Waals surface area contributed by atoms with Crippen LogP contribution in [0.1, 0.15) is 23.7 Å². The van der Waals surface area contributed by atoms with E-state index in [1.807, 2.05) is 6.92 Å². The Bertz CT molecular complexity index is 447. The zero-order valence-corrected chi connectivity index (χ0v) is 12.0. The predicted molar refractivity (Wildman–Crippen MR) is 73.2 cm³/mol.